The normalized spacial score (nSPS) is 22.0. The minimum absolute atomic E-state index is 0.101. The van der Waals surface area contributed by atoms with Crippen LogP contribution in [0.5, 0.6) is 0 Å². The standard InChI is InChI=1S/C11H16N2O/c1-7-3-4-9(8(7)2)5-10-6-12-11(14)13-10/h6,9H,3-5H2,1-2H3,(H2,12,13,14). The predicted octanol–water partition coefficient (Wildman–Crippen LogP) is 1.99. The van der Waals surface area contributed by atoms with Crippen molar-refractivity contribution in [3.8, 4) is 0 Å². The fraction of sp³-hybridized carbons (Fsp3) is 0.545. The summed E-state index contributed by atoms with van der Waals surface area (Å²) in [6, 6.07) is 0. The first-order valence-corrected chi connectivity index (χ1v) is 5.09. The average molecular weight is 192 g/mol. The van der Waals surface area contributed by atoms with Crippen LogP contribution in [-0.4, -0.2) is 9.97 Å². The highest BCUT2D eigenvalue weighted by Crippen LogP contribution is 2.32. The zero-order chi connectivity index (χ0) is 10.1. The number of allylic oxidation sites excluding steroid dienone is 2. The van der Waals surface area contributed by atoms with Gasteiger partial charge >= 0.3 is 5.69 Å². The second-order valence-electron chi connectivity index (χ2n) is 4.17. The molecule has 2 rings (SSSR count). The highest BCUT2D eigenvalue weighted by molar-refractivity contribution is 5.20. The lowest BCUT2D eigenvalue weighted by Crippen LogP contribution is -2.05. The third-order valence-electron chi connectivity index (χ3n) is 3.27. The van der Waals surface area contributed by atoms with E-state index in [-0.39, 0.29) is 5.69 Å². The maximum atomic E-state index is 10.9. The largest absolute Gasteiger partial charge is 0.323 e. The molecule has 0 amide bonds. The fourth-order valence-electron chi connectivity index (χ4n) is 2.15. The first-order valence-electron chi connectivity index (χ1n) is 5.09. The van der Waals surface area contributed by atoms with E-state index in [0.29, 0.717) is 5.92 Å². The van der Waals surface area contributed by atoms with Gasteiger partial charge in [0.1, 0.15) is 0 Å². The van der Waals surface area contributed by atoms with E-state index in [4.69, 9.17) is 0 Å². The van der Waals surface area contributed by atoms with Gasteiger partial charge in [0.05, 0.1) is 0 Å². The molecule has 0 fully saturated rings. The molecule has 1 aliphatic carbocycles. The number of hydrogen-bond donors (Lipinski definition) is 2. The molecule has 1 atom stereocenters. The number of nitrogens with one attached hydrogen (secondary N) is 2. The minimum Gasteiger partial charge on any atom is -0.313 e. The first kappa shape index (κ1) is 9.31. The molecule has 3 heteroatoms. The summed E-state index contributed by atoms with van der Waals surface area (Å²) in [4.78, 5) is 16.3. The highest BCUT2D eigenvalue weighted by Gasteiger charge is 2.20. The second kappa shape index (κ2) is 3.48. The Morgan fingerprint density at radius 3 is 2.79 bits per heavy atom. The lowest BCUT2D eigenvalue weighted by molar-refractivity contribution is 0.594. The van der Waals surface area contributed by atoms with Crippen LogP contribution in [0.4, 0.5) is 0 Å². The van der Waals surface area contributed by atoms with Crippen molar-refractivity contribution < 1.29 is 0 Å². The summed E-state index contributed by atoms with van der Waals surface area (Å²) in [6.45, 7) is 4.41. The molecule has 0 aliphatic heterocycles. The molecule has 1 aromatic heterocycles. The van der Waals surface area contributed by atoms with Crippen molar-refractivity contribution >= 4 is 0 Å². The van der Waals surface area contributed by atoms with E-state index in [1.807, 2.05) is 0 Å². The van der Waals surface area contributed by atoms with Gasteiger partial charge in [-0.05, 0) is 39.0 Å². The number of H-pyrrole nitrogens is 2. The lowest BCUT2D eigenvalue weighted by atomic mass is 9.97. The monoisotopic (exact) mass is 192 g/mol. The van der Waals surface area contributed by atoms with Gasteiger partial charge in [-0.1, -0.05) is 11.1 Å². The van der Waals surface area contributed by atoms with E-state index >= 15 is 0 Å². The Hall–Kier alpha value is -1.25. The number of hydrogen-bond acceptors (Lipinski definition) is 1. The van der Waals surface area contributed by atoms with Crippen molar-refractivity contribution in [1.82, 2.24) is 9.97 Å². The molecule has 0 saturated heterocycles. The summed E-state index contributed by atoms with van der Waals surface area (Å²) in [5.41, 5.74) is 3.95. The maximum absolute atomic E-state index is 10.9. The van der Waals surface area contributed by atoms with Crippen LogP contribution < -0.4 is 5.69 Å². The number of aromatic amines is 2. The van der Waals surface area contributed by atoms with Crippen molar-refractivity contribution in [2.45, 2.75) is 33.1 Å². The van der Waals surface area contributed by atoms with Crippen LogP contribution in [-0.2, 0) is 6.42 Å². The third-order valence-corrected chi connectivity index (χ3v) is 3.27. The number of imidazole rings is 1. The minimum atomic E-state index is -0.101. The zero-order valence-corrected chi connectivity index (χ0v) is 8.68. The smallest absolute Gasteiger partial charge is 0.313 e. The zero-order valence-electron chi connectivity index (χ0n) is 8.68. The summed E-state index contributed by atoms with van der Waals surface area (Å²) < 4.78 is 0. The van der Waals surface area contributed by atoms with Crippen LogP contribution in [0.25, 0.3) is 0 Å². The van der Waals surface area contributed by atoms with Gasteiger partial charge in [-0.15, -0.1) is 0 Å². The Morgan fingerprint density at radius 1 is 1.50 bits per heavy atom. The average Bonchev–Trinajstić information content (AvgIpc) is 2.67. The molecule has 76 valence electrons. The van der Waals surface area contributed by atoms with Gasteiger partial charge in [-0.3, -0.25) is 0 Å². The van der Waals surface area contributed by atoms with Gasteiger partial charge < -0.3 is 9.97 Å². The van der Waals surface area contributed by atoms with E-state index in [9.17, 15) is 4.79 Å². The van der Waals surface area contributed by atoms with Gasteiger partial charge in [0.25, 0.3) is 0 Å². The number of rotatable bonds is 2. The highest BCUT2D eigenvalue weighted by atomic mass is 16.1. The summed E-state index contributed by atoms with van der Waals surface area (Å²) in [6.07, 6.45) is 5.18. The molecule has 14 heavy (non-hydrogen) atoms. The van der Waals surface area contributed by atoms with Gasteiger partial charge in [0.2, 0.25) is 0 Å². The van der Waals surface area contributed by atoms with Crippen LogP contribution in [0.1, 0.15) is 32.4 Å². The topological polar surface area (TPSA) is 48.6 Å². The van der Waals surface area contributed by atoms with E-state index in [0.717, 1.165) is 12.1 Å². The Balaban J connectivity index is 2.10. The van der Waals surface area contributed by atoms with E-state index in [1.54, 1.807) is 6.20 Å². The van der Waals surface area contributed by atoms with Gasteiger partial charge in [0, 0.05) is 11.9 Å². The molecule has 0 spiro atoms. The molecular weight excluding hydrogens is 176 g/mol. The lowest BCUT2D eigenvalue weighted by Gasteiger charge is -2.09. The molecule has 1 aliphatic rings. The van der Waals surface area contributed by atoms with E-state index < -0.39 is 0 Å². The third kappa shape index (κ3) is 1.67. The van der Waals surface area contributed by atoms with Crippen LogP contribution in [0, 0.1) is 5.92 Å². The first-order chi connectivity index (χ1) is 6.66. The summed E-state index contributed by atoms with van der Waals surface area (Å²) in [5.74, 6) is 0.626. The quantitative estimate of drug-likeness (QED) is 0.692. The van der Waals surface area contributed by atoms with Crippen LogP contribution in [0.2, 0.25) is 0 Å². The SMILES string of the molecule is CC1=C(C)C(Cc2c[nH]c(=O)[nH]2)CC1. The van der Waals surface area contributed by atoms with Crippen molar-refractivity contribution in [1.29, 1.82) is 0 Å². The van der Waals surface area contributed by atoms with Gasteiger partial charge in [-0.2, -0.15) is 0 Å². The van der Waals surface area contributed by atoms with Crippen molar-refractivity contribution in [3.05, 3.63) is 33.5 Å². The molecule has 0 aromatic carbocycles. The molecule has 1 aromatic rings. The Bertz CT molecular complexity index is 411. The number of aromatic nitrogens is 2. The molecule has 3 nitrogen and oxygen atoms in total. The van der Waals surface area contributed by atoms with Gasteiger partial charge in [-0.25, -0.2) is 4.79 Å². The van der Waals surface area contributed by atoms with Crippen LogP contribution >= 0.6 is 0 Å². The summed E-state index contributed by atoms with van der Waals surface area (Å²) >= 11 is 0. The Kier molecular flexibility index (Phi) is 2.32. The van der Waals surface area contributed by atoms with E-state index in [1.165, 1.54) is 24.0 Å². The van der Waals surface area contributed by atoms with Crippen molar-refractivity contribution in [3.63, 3.8) is 0 Å². The van der Waals surface area contributed by atoms with Crippen LogP contribution in [0.15, 0.2) is 22.1 Å². The Labute approximate surface area is 83.2 Å². The summed E-state index contributed by atoms with van der Waals surface area (Å²) in [7, 11) is 0. The molecule has 1 heterocycles. The second-order valence-corrected chi connectivity index (χ2v) is 4.17. The van der Waals surface area contributed by atoms with E-state index in [2.05, 4.69) is 23.8 Å². The van der Waals surface area contributed by atoms with Crippen molar-refractivity contribution in [2.75, 3.05) is 0 Å². The summed E-state index contributed by atoms with van der Waals surface area (Å²) in [5, 5.41) is 0. The van der Waals surface area contributed by atoms with Crippen molar-refractivity contribution in [2.24, 2.45) is 5.92 Å². The molecule has 2 N–H and O–H groups in total. The predicted molar refractivity (Wildman–Crippen MR) is 56.2 cm³/mol. The Morgan fingerprint density at radius 2 is 2.29 bits per heavy atom. The molecule has 1 unspecified atom stereocenters. The van der Waals surface area contributed by atoms with Gasteiger partial charge in [0.15, 0.2) is 0 Å². The molecular formula is C11H16N2O. The molecule has 0 saturated carbocycles. The molecule has 0 radical (unpaired) electrons. The molecule has 0 bridgehead atoms. The fourth-order valence-corrected chi connectivity index (χ4v) is 2.15. The maximum Gasteiger partial charge on any atom is 0.323 e. The van der Waals surface area contributed by atoms with Crippen LogP contribution in [0.3, 0.4) is 0 Å².